The molecule has 0 bridgehead atoms. The summed E-state index contributed by atoms with van der Waals surface area (Å²) in [6.45, 7) is 6.48. The van der Waals surface area contributed by atoms with Gasteiger partial charge in [0.2, 0.25) is 0 Å². The second-order valence-corrected chi connectivity index (χ2v) is 5.63. The monoisotopic (exact) mass is 256 g/mol. The van der Waals surface area contributed by atoms with Gasteiger partial charge in [0.25, 0.3) is 0 Å². The van der Waals surface area contributed by atoms with E-state index in [1.807, 2.05) is 6.92 Å². The van der Waals surface area contributed by atoms with Crippen molar-refractivity contribution >= 4 is 6.03 Å². The summed E-state index contributed by atoms with van der Waals surface area (Å²) in [7, 11) is 0. The zero-order valence-electron chi connectivity index (χ0n) is 11.9. The number of aliphatic hydroxyl groups is 1. The molecule has 1 fully saturated rings. The van der Waals surface area contributed by atoms with E-state index in [0.29, 0.717) is 5.92 Å². The van der Waals surface area contributed by atoms with Crippen LogP contribution in [0.5, 0.6) is 0 Å². The Bertz CT molecular complexity index is 258. The molecule has 0 aromatic rings. The van der Waals surface area contributed by atoms with Gasteiger partial charge < -0.3 is 15.7 Å². The lowest BCUT2D eigenvalue weighted by molar-refractivity contribution is 0.152. The van der Waals surface area contributed by atoms with Crippen molar-refractivity contribution in [1.82, 2.24) is 10.6 Å². The highest BCUT2D eigenvalue weighted by molar-refractivity contribution is 5.74. The fraction of sp³-hybridized carbons (Fsp3) is 0.929. The number of hydrogen-bond acceptors (Lipinski definition) is 2. The van der Waals surface area contributed by atoms with E-state index in [0.717, 1.165) is 32.1 Å². The van der Waals surface area contributed by atoms with E-state index < -0.39 is 0 Å². The van der Waals surface area contributed by atoms with Gasteiger partial charge in [-0.25, -0.2) is 4.79 Å². The molecule has 1 aliphatic carbocycles. The second-order valence-electron chi connectivity index (χ2n) is 5.63. The second kappa shape index (κ2) is 7.62. The molecule has 0 spiro atoms. The Morgan fingerprint density at radius 1 is 1.33 bits per heavy atom. The number of nitrogens with one attached hydrogen (secondary N) is 2. The zero-order chi connectivity index (χ0) is 13.5. The lowest BCUT2D eigenvalue weighted by Gasteiger charge is -2.31. The first-order valence-electron chi connectivity index (χ1n) is 7.26. The fourth-order valence-corrected chi connectivity index (χ4v) is 2.53. The molecule has 0 saturated heterocycles. The smallest absolute Gasteiger partial charge is 0.315 e. The third kappa shape index (κ3) is 4.48. The van der Waals surface area contributed by atoms with Crippen LogP contribution in [0.2, 0.25) is 0 Å². The molecular weight excluding hydrogens is 228 g/mol. The number of carbonyl (C=O) groups is 1. The van der Waals surface area contributed by atoms with Gasteiger partial charge in [0, 0.05) is 24.6 Å². The van der Waals surface area contributed by atoms with Crippen molar-refractivity contribution in [3.63, 3.8) is 0 Å². The molecule has 0 aliphatic heterocycles. The van der Waals surface area contributed by atoms with Crippen LogP contribution in [0.4, 0.5) is 4.79 Å². The maximum atomic E-state index is 11.9. The molecule has 3 N–H and O–H groups in total. The van der Waals surface area contributed by atoms with Gasteiger partial charge in [-0.3, -0.25) is 0 Å². The molecule has 0 aromatic carbocycles. The first-order valence-corrected chi connectivity index (χ1v) is 7.26. The SMILES string of the molecule is CCC(C)C(C)NC(=O)NC1CCCCC1CO. The molecule has 1 rings (SSSR count). The average Bonchev–Trinajstić information content (AvgIpc) is 2.38. The number of urea groups is 1. The minimum Gasteiger partial charge on any atom is -0.396 e. The zero-order valence-corrected chi connectivity index (χ0v) is 11.9. The van der Waals surface area contributed by atoms with Crippen molar-refractivity contribution in [2.45, 2.75) is 65.0 Å². The normalized spacial score (nSPS) is 27.3. The number of rotatable bonds is 5. The average molecular weight is 256 g/mol. The van der Waals surface area contributed by atoms with Crippen LogP contribution in [-0.4, -0.2) is 29.8 Å². The van der Waals surface area contributed by atoms with E-state index in [1.54, 1.807) is 0 Å². The molecule has 4 atom stereocenters. The van der Waals surface area contributed by atoms with Crippen LogP contribution in [-0.2, 0) is 0 Å². The summed E-state index contributed by atoms with van der Waals surface area (Å²) in [5.74, 6) is 0.708. The quantitative estimate of drug-likeness (QED) is 0.706. The largest absolute Gasteiger partial charge is 0.396 e. The first-order chi connectivity index (χ1) is 8.58. The van der Waals surface area contributed by atoms with Crippen LogP contribution in [0.1, 0.15) is 52.9 Å². The van der Waals surface area contributed by atoms with Crippen LogP contribution in [0, 0.1) is 11.8 Å². The molecule has 0 heterocycles. The molecule has 4 unspecified atom stereocenters. The van der Waals surface area contributed by atoms with E-state index in [2.05, 4.69) is 24.5 Å². The molecule has 1 saturated carbocycles. The van der Waals surface area contributed by atoms with Crippen LogP contribution in [0.3, 0.4) is 0 Å². The van der Waals surface area contributed by atoms with Gasteiger partial charge in [0.15, 0.2) is 0 Å². The van der Waals surface area contributed by atoms with E-state index in [9.17, 15) is 9.90 Å². The number of aliphatic hydroxyl groups excluding tert-OH is 1. The van der Waals surface area contributed by atoms with Crippen molar-refractivity contribution in [2.24, 2.45) is 11.8 Å². The number of amides is 2. The van der Waals surface area contributed by atoms with E-state index in [4.69, 9.17) is 0 Å². The Morgan fingerprint density at radius 3 is 2.61 bits per heavy atom. The van der Waals surface area contributed by atoms with Gasteiger partial charge in [-0.2, -0.15) is 0 Å². The van der Waals surface area contributed by atoms with Crippen LogP contribution < -0.4 is 10.6 Å². The van der Waals surface area contributed by atoms with E-state index >= 15 is 0 Å². The Labute approximate surface area is 111 Å². The number of carbonyl (C=O) groups excluding carboxylic acids is 1. The highest BCUT2D eigenvalue weighted by atomic mass is 16.3. The van der Waals surface area contributed by atoms with Crippen molar-refractivity contribution in [3.05, 3.63) is 0 Å². The Balaban J connectivity index is 2.38. The third-order valence-corrected chi connectivity index (χ3v) is 4.32. The molecular formula is C14H28N2O2. The standard InChI is InChI=1S/C14H28N2O2/c1-4-10(2)11(3)15-14(18)16-13-8-6-5-7-12(13)9-17/h10-13,17H,4-9H2,1-3H3,(H2,15,16,18). The Kier molecular flexibility index (Phi) is 6.47. The molecule has 2 amide bonds. The Morgan fingerprint density at radius 2 is 2.00 bits per heavy atom. The molecule has 18 heavy (non-hydrogen) atoms. The summed E-state index contributed by atoms with van der Waals surface area (Å²) in [6, 6.07) is 0.229. The van der Waals surface area contributed by atoms with E-state index in [-0.39, 0.29) is 30.6 Å². The molecule has 4 nitrogen and oxygen atoms in total. The number of hydrogen-bond donors (Lipinski definition) is 3. The van der Waals surface area contributed by atoms with Crippen LogP contribution in [0.15, 0.2) is 0 Å². The van der Waals surface area contributed by atoms with Crippen molar-refractivity contribution < 1.29 is 9.90 Å². The highest BCUT2D eigenvalue weighted by Crippen LogP contribution is 2.23. The maximum absolute atomic E-state index is 11.9. The van der Waals surface area contributed by atoms with Gasteiger partial charge in [-0.15, -0.1) is 0 Å². The van der Waals surface area contributed by atoms with E-state index in [1.165, 1.54) is 0 Å². The van der Waals surface area contributed by atoms with Crippen molar-refractivity contribution in [3.8, 4) is 0 Å². The predicted molar refractivity (Wildman–Crippen MR) is 73.4 cm³/mol. The third-order valence-electron chi connectivity index (χ3n) is 4.32. The molecule has 0 aromatic heterocycles. The summed E-state index contributed by atoms with van der Waals surface area (Å²) in [5, 5.41) is 15.3. The molecule has 4 heteroatoms. The van der Waals surface area contributed by atoms with Crippen molar-refractivity contribution in [2.75, 3.05) is 6.61 Å². The van der Waals surface area contributed by atoms with Crippen LogP contribution in [0.25, 0.3) is 0 Å². The maximum Gasteiger partial charge on any atom is 0.315 e. The summed E-state index contributed by atoms with van der Waals surface area (Å²) < 4.78 is 0. The predicted octanol–water partition coefficient (Wildman–Crippen LogP) is 2.27. The van der Waals surface area contributed by atoms with Gasteiger partial charge in [0.05, 0.1) is 0 Å². The van der Waals surface area contributed by atoms with Crippen molar-refractivity contribution in [1.29, 1.82) is 0 Å². The lowest BCUT2D eigenvalue weighted by atomic mass is 9.85. The summed E-state index contributed by atoms with van der Waals surface area (Å²) in [6.07, 6.45) is 5.36. The van der Waals surface area contributed by atoms with Gasteiger partial charge in [-0.1, -0.05) is 33.1 Å². The molecule has 0 radical (unpaired) electrons. The Hall–Kier alpha value is -0.770. The minimum absolute atomic E-state index is 0.0897. The van der Waals surface area contributed by atoms with Gasteiger partial charge >= 0.3 is 6.03 Å². The topological polar surface area (TPSA) is 61.4 Å². The fourth-order valence-electron chi connectivity index (χ4n) is 2.53. The minimum atomic E-state index is -0.0897. The summed E-state index contributed by atoms with van der Waals surface area (Å²) >= 11 is 0. The summed E-state index contributed by atoms with van der Waals surface area (Å²) in [5.41, 5.74) is 0. The van der Waals surface area contributed by atoms with Gasteiger partial charge in [-0.05, 0) is 25.7 Å². The van der Waals surface area contributed by atoms with Gasteiger partial charge in [0.1, 0.15) is 0 Å². The molecule has 1 aliphatic rings. The molecule has 106 valence electrons. The first kappa shape index (κ1) is 15.3. The lowest BCUT2D eigenvalue weighted by Crippen LogP contribution is -2.50. The van der Waals surface area contributed by atoms with Crippen LogP contribution >= 0.6 is 0 Å². The highest BCUT2D eigenvalue weighted by Gasteiger charge is 2.26. The summed E-state index contributed by atoms with van der Waals surface area (Å²) in [4.78, 5) is 11.9.